The Morgan fingerprint density at radius 3 is 2.84 bits per heavy atom. The van der Waals surface area contributed by atoms with Crippen molar-refractivity contribution in [3.8, 4) is 0 Å². The number of nitrogens with one attached hydrogen (secondary N) is 2. The largest absolute Gasteiger partial charge is 0.308 e. The maximum absolute atomic E-state index is 13.0. The molecule has 0 aliphatic heterocycles. The molecule has 0 saturated carbocycles. The van der Waals surface area contributed by atoms with Crippen molar-refractivity contribution in [1.82, 2.24) is 15.5 Å². The molecule has 2 N–H and O–H groups in total. The molecule has 1 heterocycles. The van der Waals surface area contributed by atoms with Crippen LogP contribution in [0.3, 0.4) is 0 Å². The molecule has 4 nitrogen and oxygen atoms in total. The highest BCUT2D eigenvalue weighted by atomic mass is 19.1. The number of hydrogen-bond acceptors (Lipinski definition) is 3. The molecule has 1 aromatic carbocycles. The minimum absolute atomic E-state index is 0.185. The van der Waals surface area contributed by atoms with E-state index in [0.29, 0.717) is 18.7 Å². The molecule has 0 spiro atoms. The van der Waals surface area contributed by atoms with Gasteiger partial charge in [-0.1, -0.05) is 12.1 Å². The van der Waals surface area contributed by atoms with Crippen molar-refractivity contribution in [3.05, 3.63) is 62.8 Å². The van der Waals surface area contributed by atoms with Gasteiger partial charge in [0.1, 0.15) is 5.82 Å². The van der Waals surface area contributed by atoms with Gasteiger partial charge in [0.15, 0.2) is 0 Å². The summed E-state index contributed by atoms with van der Waals surface area (Å²) in [5.41, 5.74) is 3.02. The monoisotopic (exact) mass is 261 g/mol. The summed E-state index contributed by atoms with van der Waals surface area (Å²) in [6.45, 7) is 4.66. The van der Waals surface area contributed by atoms with E-state index in [9.17, 15) is 9.18 Å². The molecule has 0 aliphatic carbocycles. The van der Waals surface area contributed by atoms with Crippen LogP contribution in [0.25, 0.3) is 0 Å². The topological polar surface area (TPSA) is 57.8 Å². The van der Waals surface area contributed by atoms with Crippen molar-refractivity contribution >= 4 is 0 Å². The van der Waals surface area contributed by atoms with Gasteiger partial charge >= 0.3 is 0 Å². The zero-order valence-corrected chi connectivity index (χ0v) is 11.0. The summed E-state index contributed by atoms with van der Waals surface area (Å²) in [5.74, 6) is -0.256. The zero-order chi connectivity index (χ0) is 13.8. The summed E-state index contributed by atoms with van der Waals surface area (Å²) in [5, 5.41) is 9.50. The van der Waals surface area contributed by atoms with Crippen molar-refractivity contribution in [2.45, 2.75) is 26.9 Å². The van der Waals surface area contributed by atoms with Gasteiger partial charge in [-0.05, 0) is 37.1 Å². The number of nitrogens with zero attached hydrogens (tertiary/aromatic N) is 1. The Hall–Kier alpha value is -2.01. The highest BCUT2D eigenvalue weighted by molar-refractivity contribution is 5.25. The van der Waals surface area contributed by atoms with Gasteiger partial charge in [-0.15, -0.1) is 0 Å². The van der Waals surface area contributed by atoms with E-state index in [4.69, 9.17) is 0 Å². The molecule has 19 heavy (non-hydrogen) atoms. The van der Waals surface area contributed by atoms with Gasteiger partial charge in [0.25, 0.3) is 5.56 Å². The molecular weight excluding hydrogens is 245 g/mol. The quantitative estimate of drug-likeness (QED) is 0.882. The van der Waals surface area contributed by atoms with Crippen LogP contribution in [0.4, 0.5) is 4.39 Å². The summed E-state index contributed by atoms with van der Waals surface area (Å²) in [6, 6.07) is 6.39. The standard InChI is InChI=1S/C14H16FN3O/c1-9-10(2)17-18-14(19)13(9)8-16-7-11-4-3-5-12(15)6-11/h3-6,16H,7-8H2,1-2H3,(H,18,19). The van der Waals surface area contributed by atoms with Crippen LogP contribution in [0.2, 0.25) is 0 Å². The smallest absolute Gasteiger partial charge is 0.268 e. The molecule has 0 atom stereocenters. The first-order chi connectivity index (χ1) is 9.08. The van der Waals surface area contributed by atoms with Crippen molar-refractivity contribution < 1.29 is 4.39 Å². The number of aryl methyl sites for hydroxylation is 1. The average molecular weight is 261 g/mol. The lowest BCUT2D eigenvalue weighted by Gasteiger charge is -2.08. The molecule has 5 heteroatoms. The van der Waals surface area contributed by atoms with E-state index in [0.717, 1.165) is 16.8 Å². The summed E-state index contributed by atoms with van der Waals surface area (Å²) in [4.78, 5) is 11.7. The predicted octanol–water partition coefficient (Wildman–Crippen LogP) is 1.82. The van der Waals surface area contributed by atoms with E-state index in [2.05, 4.69) is 15.5 Å². The maximum Gasteiger partial charge on any atom is 0.268 e. The molecule has 2 aromatic rings. The van der Waals surface area contributed by atoms with Crippen molar-refractivity contribution in [3.63, 3.8) is 0 Å². The number of aromatic amines is 1. The molecule has 100 valence electrons. The normalized spacial score (nSPS) is 10.7. The second-order valence-electron chi connectivity index (χ2n) is 4.48. The molecule has 0 fully saturated rings. The minimum atomic E-state index is -0.256. The van der Waals surface area contributed by atoms with Gasteiger partial charge in [0.05, 0.1) is 5.69 Å². The summed E-state index contributed by atoms with van der Waals surface area (Å²) >= 11 is 0. The Labute approximate surface area is 110 Å². The SMILES string of the molecule is Cc1n[nH]c(=O)c(CNCc2cccc(F)c2)c1C. The van der Waals surface area contributed by atoms with Crippen LogP contribution < -0.4 is 10.9 Å². The third-order valence-corrected chi connectivity index (χ3v) is 3.11. The number of aromatic nitrogens is 2. The number of hydrogen-bond donors (Lipinski definition) is 2. The first-order valence-corrected chi connectivity index (χ1v) is 6.08. The molecule has 0 amide bonds. The maximum atomic E-state index is 13.0. The number of H-pyrrole nitrogens is 1. The van der Waals surface area contributed by atoms with Crippen molar-refractivity contribution in [1.29, 1.82) is 0 Å². The lowest BCUT2D eigenvalue weighted by Crippen LogP contribution is -2.24. The van der Waals surface area contributed by atoms with Crippen LogP contribution in [-0.4, -0.2) is 10.2 Å². The van der Waals surface area contributed by atoms with E-state index < -0.39 is 0 Å². The van der Waals surface area contributed by atoms with Crippen LogP contribution in [0, 0.1) is 19.7 Å². The molecule has 0 aliphatic rings. The molecule has 0 saturated heterocycles. The highest BCUT2D eigenvalue weighted by Crippen LogP contribution is 2.06. The third-order valence-electron chi connectivity index (χ3n) is 3.11. The molecule has 0 bridgehead atoms. The second-order valence-corrected chi connectivity index (χ2v) is 4.48. The van der Waals surface area contributed by atoms with Gasteiger partial charge in [0.2, 0.25) is 0 Å². The fourth-order valence-electron chi connectivity index (χ4n) is 1.87. The molecule has 0 radical (unpaired) electrons. The number of rotatable bonds is 4. The fourth-order valence-corrected chi connectivity index (χ4v) is 1.87. The number of benzene rings is 1. The van der Waals surface area contributed by atoms with Gasteiger partial charge in [-0.3, -0.25) is 4.79 Å². The van der Waals surface area contributed by atoms with E-state index in [1.54, 1.807) is 6.07 Å². The third kappa shape index (κ3) is 3.26. The average Bonchev–Trinajstić information content (AvgIpc) is 2.38. The lowest BCUT2D eigenvalue weighted by molar-refractivity contribution is 0.619. The van der Waals surface area contributed by atoms with Gasteiger partial charge < -0.3 is 5.32 Å². The lowest BCUT2D eigenvalue weighted by atomic mass is 10.1. The predicted molar refractivity (Wildman–Crippen MR) is 71.3 cm³/mol. The zero-order valence-electron chi connectivity index (χ0n) is 11.0. The minimum Gasteiger partial charge on any atom is -0.308 e. The Bertz CT molecular complexity index is 637. The summed E-state index contributed by atoms with van der Waals surface area (Å²) in [7, 11) is 0. The Kier molecular flexibility index (Phi) is 4.06. The van der Waals surface area contributed by atoms with Crippen LogP contribution in [0.15, 0.2) is 29.1 Å². The molecule has 0 unspecified atom stereocenters. The van der Waals surface area contributed by atoms with E-state index in [1.165, 1.54) is 12.1 Å². The summed E-state index contributed by atoms with van der Waals surface area (Å²) < 4.78 is 13.0. The van der Waals surface area contributed by atoms with Crippen molar-refractivity contribution in [2.24, 2.45) is 0 Å². The van der Waals surface area contributed by atoms with Crippen LogP contribution in [0.5, 0.6) is 0 Å². The van der Waals surface area contributed by atoms with Crippen LogP contribution in [-0.2, 0) is 13.1 Å². The highest BCUT2D eigenvalue weighted by Gasteiger charge is 2.07. The first kappa shape index (κ1) is 13.4. The van der Waals surface area contributed by atoms with Gasteiger partial charge in [-0.2, -0.15) is 5.10 Å². The fraction of sp³-hybridized carbons (Fsp3) is 0.286. The van der Waals surface area contributed by atoms with Crippen LogP contribution in [0.1, 0.15) is 22.4 Å². The van der Waals surface area contributed by atoms with Gasteiger partial charge in [-0.25, -0.2) is 9.49 Å². The van der Waals surface area contributed by atoms with Crippen molar-refractivity contribution in [2.75, 3.05) is 0 Å². The van der Waals surface area contributed by atoms with E-state index >= 15 is 0 Å². The molecule has 2 rings (SSSR count). The molecular formula is C14H16FN3O. The van der Waals surface area contributed by atoms with E-state index in [-0.39, 0.29) is 11.4 Å². The van der Waals surface area contributed by atoms with E-state index in [1.807, 2.05) is 19.9 Å². The second kappa shape index (κ2) is 5.75. The summed E-state index contributed by atoms with van der Waals surface area (Å²) in [6.07, 6.45) is 0. The Balaban J connectivity index is 2.04. The number of halogens is 1. The Morgan fingerprint density at radius 1 is 1.32 bits per heavy atom. The van der Waals surface area contributed by atoms with Gasteiger partial charge in [0, 0.05) is 18.7 Å². The molecule has 1 aromatic heterocycles. The van der Waals surface area contributed by atoms with Crippen LogP contribution >= 0.6 is 0 Å². The Morgan fingerprint density at radius 2 is 2.11 bits per heavy atom. The first-order valence-electron chi connectivity index (χ1n) is 6.08.